The smallest absolute Gasteiger partial charge is 0.338 e. The van der Waals surface area contributed by atoms with Crippen LogP contribution in [0.3, 0.4) is 0 Å². The number of aromatic amines is 1. The highest BCUT2D eigenvalue weighted by Crippen LogP contribution is 2.12. The SMILES string of the molecule is CCC(OC(=O)c1cccc(N)c1)C(=O)Nc1cc(=O)n(-c2ccccc2)[nH]1. The van der Waals surface area contributed by atoms with Gasteiger partial charge in [0.05, 0.1) is 11.3 Å². The quantitative estimate of drug-likeness (QED) is 0.448. The highest BCUT2D eigenvalue weighted by Gasteiger charge is 2.23. The van der Waals surface area contributed by atoms with Crippen molar-refractivity contribution in [3.05, 3.63) is 76.6 Å². The maximum absolute atomic E-state index is 12.5. The summed E-state index contributed by atoms with van der Waals surface area (Å²) >= 11 is 0. The molecule has 1 aromatic heterocycles. The Bertz CT molecular complexity index is 1040. The number of benzene rings is 2. The molecule has 0 aliphatic rings. The molecule has 3 rings (SSSR count). The highest BCUT2D eigenvalue weighted by molar-refractivity contribution is 5.97. The van der Waals surface area contributed by atoms with Crippen LogP contribution in [-0.2, 0) is 9.53 Å². The van der Waals surface area contributed by atoms with Crippen molar-refractivity contribution in [2.24, 2.45) is 0 Å². The zero-order valence-corrected chi connectivity index (χ0v) is 15.2. The number of carbonyl (C=O) groups is 2. The van der Waals surface area contributed by atoms with Crippen molar-refractivity contribution in [1.82, 2.24) is 9.78 Å². The van der Waals surface area contributed by atoms with Crippen molar-refractivity contribution in [2.45, 2.75) is 19.4 Å². The average molecular weight is 380 g/mol. The Hall–Kier alpha value is -3.81. The molecule has 1 atom stereocenters. The Kier molecular flexibility index (Phi) is 5.59. The number of H-pyrrole nitrogens is 1. The van der Waals surface area contributed by atoms with Gasteiger partial charge in [-0.1, -0.05) is 31.2 Å². The summed E-state index contributed by atoms with van der Waals surface area (Å²) in [6.45, 7) is 1.72. The van der Waals surface area contributed by atoms with E-state index >= 15 is 0 Å². The number of nitrogens with two attached hydrogens (primary N) is 1. The van der Waals surface area contributed by atoms with E-state index in [2.05, 4.69) is 10.4 Å². The van der Waals surface area contributed by atoms with Gasteiger partial charge in [0.2, 0.25) is 0 Å². The number of nitrogens with zero attached hydrogens (tertiary/aromatic N) is 1. The number of rotatable bonds is 6. The summed E-state index contributed by atoms with van der Waals surface area (Å²) in [5.74, 6) is -0.983. The molecule has 0 spiro atoms. The van der Waals surface area contributed by atoms with Crippen molar-refractivity contribution >= 4 is 23.4 Å². The van der Waals surface area contributed by atoms with Gasteiger partial charge in [-0.25, -0.2) is 9.48 Å². The molecule has 0 saturated heterocycles. The van der Waals surface area contributed by atoms with E-state index in [0.29, 0.717) is 11.4 Å². The van der Waals surface area contributed by atoms with Gasteiger partial charge in [-0.2, -0.15) is 0 Å². The second kappa shape index (κ2) is 8.26. The molecule has 1 heterocycles. The van der Waals surface area contributed by atoms with Gasteiger partial charge >= 0.3 is 5.97 Å². The van der Waals surface area contributed by atoms with Crippen LogP contribution in [0, 0.1) is 0 Å². The van der Waals surface area contributed by atoms with Gasteiger partial charge in [0, 0.05) is 11.8 Å². The minimum Gasteiger partial charge on any atom is -0.449 e. The molecule has 8 heteroatoms. The maximum atomic E-state index is 12.5. The van der Waals surface area contributed by atoms with E-state index in [4.69, 9.17) is 10.5 Å². The van der Waals surface area contributed by atoms with Gasteiger partial charge in [-0.15, -0.1) is 0 Å². The lowest BCUT2D eigenvalue weighted by molar-refractivity contribution is -0.124. The van der Waals surface area contributed by atoms with E-state index in [-0.39, 0.29) is 23.4 Å². The van der Waals surface area contributed by atoms with Crippen molar-refractivity contribution in [3.63, 3.8) is 0 Å². The normalized spacial score (nSPS) is 11.6. The van der Waals surface area contributed by atoms with Gasteiger partial charge in [-0.05, 0) is 36.8 Å². The first-order chi connectivity index (χ1) is 13.5. The Morgan fingerprint density at radius 2 is 1.89 bits per heavy atom. The number of esters is 1. The number of para-hydroxylation sites is 1. The van der Waals surface area contributed by atoms with Gasteiger partial charge in [-0.3, -0.25) is 14.7 Å². The third-order valence-corrected chi connectivity index (χ3v) is 4.03. The number of hydrogen-bond acceptors (Lipinski definition) is 5. The lowest BCUT2D eigenvalue weighted by Gasteiger charge is -2.15. The monoisotopic (exact) mass is 380 g/mol. The van der Waals surface area contributed by atoms with E-state index in [9.17, 15) is 14.4 Å². The molecule has 0 aliphatic heterocycles. The number of amides is 1. The number of aromatic nitrogens is 2. The van der Waals surface area contributed by atoms with Crippen LogP contribution < -0.4 is 16.6 Å². The fraction of sp³-hybridized carbons (Fsp3) is 0.150. The molecule has 0 bridgehead atoms. The first-order valence-electron chi connectivity index (χ1n) is 8.73. The summed E-state index contributed by atoms with van der Waals surface area (Å²) in [5.41, 5.74) is 6.65. The third kappa shape index (κ3) is 4.29. The second-order valence-electron chi connectivity index (χ2n) is 6.10. The zero-order valence-electron chi connectivity index (χ0n) is 15.2. The van der Waals surface area contributed by atoms with Gasteiger partial charge in [0.15, 0.2) is 6.10 Å². The number of hydrogen-bond donors (Lipinski definition) is 3. The fourth-order valence-electron chi connectivity index (χ4n) is 2.63. The summed E-state index contributed by atoms with van der Waals surface area (Å²) in [7, 11) is 0. The predicted molar refractivity (Wildman–Crippen MR) is 105 cm³/mol. The Labute approximate surface area is 160 Å². The fourth-order valence-corrected chi connectivity index (χ4v) is 2.63. The molecule has 144 valence electrons. The van der Waals surface area contributed by atoms with Crippen LogP contribution in [0.4, 0.5) is 11.5 Å². The van der Waals surface area contributed by atoms with Crippen LogP contribution in [0.25, 0.3) is 5.69 Å². The van der Waals surface area contributed by atoms with Gasteiger partial charge < -0.3 is 15.8 Å². The van der Waals surface area contributed by atoms with Crippen LogP contribution in [0.5, 0.6) is 0 Å². The standard InChI is InChI=1S/C20H20N4O4/c1-2-16(28-20(27)13-7-6-8-14(21)11-13)19(26)22-17-12-18(25)24(23-17)15-9-4-3-5-10-15/h3-12,16,23H,2,21H2,1H3,(H,22,26). The molecule has 1 unspecified atom stereocenters. The second-order valence-corrected chi connectivity index (χ2v) is 6.10. The zero-order chi connectivity index (χ0) is 20.1. The summed E-state index contributed by atoms with van der Waals surface area (Å²) in [6, 6.07) is 16.5. The maximum Gasteiger partial charge on any atom is 0.338 e. The van der Waals surface area contributed by atoms with Crippen molar-refractivity contribution in [3.8, 4) is 5.69 Å². The van der Waals surface area contributed by atoms with Crippen LogP contribution in [0.2, 0.25) is 0 Å². The summed E-state index contributed by atoms with van der Waals surface area (Å²) in [6.07, 6.45) is -0.749. The van der Waals surface area contributed by atoms with Crippen LogP contribution in [-0.4, -0.2) is 27.8 Å². The summed E-state index contributed by atoms with van der Waals surface area (Å²) in [5, 5.41) is 5.39. The molecule has 0 radical (unpaired) electrons. The Morgan fingerprint density at radius 1 is 1.14 bits per heavy atom. The largest absolute Gasteiger partial charge is 0.449 e. The molecular weight excluding hydrogens is 360 g/mol. The molecule has 2 aromatic carbocycles. The highest BCUT2D eigenvalue weighted by atomic mass is 16.5. The Morgan fingerprint density at radius 3 is 2.57 bits per heavy atom. The molecular formula is C20H20N4O4. The predicted octanol–water partition coefficient (Wildman–Crippen LogP) is 2.32. The molecule has 28 heavy (non-hydrogen) atoms. The van der Waals surface area contributed by atoms with Crippen molar-refractivity contribution in [1.29, 1.82) is 0 Å². The summed E-state index contributed by atoms with van der Waals surface area (Å²) < 4.78 is 6.59. The van der Waals surface area contributed by atoms with Gasteiger partial charge in [0.25, 0.3) is 11.5 Å². The number of anilines is 2. The molecule has 8 nitrogen and oxygen atoms in total. The minimum absolute atomic E-state index is 0.206. The van der Waals surface area contributed by atoms with E-state index < -0.39 is 18.0 Å². The first kappa shape index (κ1) is 19.0. The van der Waals surface area contributed by atoms with Crippen LogP contribution >= 0.6 is 0 Å². The molecule has 0 aliphatic carbocycles. The number of nitrogen functional groups attached to an aromatic ring is 1. The van der Waals surface area contributed by atoms with Crippen molar-refractivity contribution in [2.75, 3.05) is 11.1 Å². The first-order valence-corrected chi connectivity index (χ1v) is 8.73. The van der Waals surface area contributed by atoms with E-state index in [1.54, 1.807) is 49.4 Å². The molecule has 0 fully saturated rings. The molecule has 4 N–H and O–H groups in total. The van der Waals surface area contributed by atoms with Crippen LogP contribution in [0.1, 0.15) is 23.7 Å². The lowest BCUT2D eigenvalue weighted by atomic mass is 10.2. The van der Waals surface area contributed by atoms with E-state index in [0.717, 1.165) is 0 Å². The van der Waals surface area contributed by atoms with E-state index in [1.165, 1.54) is 16.8 Å². The Balaban J connectivity index is 1.71. The molecule has 3 aromatic rings. The van der Waals surface area contributed by atoms with E-state index in [1.807, 2.05) is 6.07 Å². The van der Waals surface area contributed by atoms with Crippen molar-refractivity contribution < 1.29 is 14.3 Å². The number of nitrogens with one attached hydrogen (secondary N) is 2. The van der Waals surface area contributed by atoms with Gasteiger partial charge in [0.1, 0.15) is 5.82 Å². The number of ether oxygens (including phenoxy) is 1. The average Bonchev–Trinajstić information content (AvgIpc) is 3.06. The molecule has 0 saturated carbocycles. The van der Waals surface area contributed by atoms with Crippen LogP contribution in [0.15, 0.2) is 65.5 Å². The summed E-state index contributed by atoms with van der Waals surface area (Å²) in [4.78, 5) is 36.9. The topological polar surface area (TPSA) is 119 Å². The third-order valence-electron chi connectivity index (χ3n) is 4.03. The molecule has 1 amide bonds. The minimum atomic E-state index is -1.02. The number of carbonyl (C=O) groups excluding carboxylic acids is 2. The lowest BCUT2D eigenvalue weighted by Crippen LogP contribution is -2.32.